The Kier molecular flexibility index (Phi) is 6.44. The first-order valence-electron chi connectivity index (χ1n) is 12.1. The van der Waals surface area contributed by atoms with Crippen LogP contribution >= 0.6 is 0 Å². The summed E-state index contributed by atoms with van der Waals surface area (Å²) in [6, 6.07) is 11.9. The molecule has 35 heavy (non-hydrogen) atoms. The van der Waals surface area contributed by atoms with E-state index in [0.29, 0.717) is 25.6 Å². The molecule has 0 spiro atoms. The molecule has 1 fully saturated rings. The van der Waals surface area contributed by atoms with Crippen molar-refractivity contribution in [1.29, 1.82) is 0 Å². The standard InChI is InChI=1S/C27H30N6O2/c1-4-35-21-8-10-23-22(15-21)18(2)30-27(31-23)33-13-5-6-20(17-33)26(34)32(3)16-19-7-9-24-25(14-19)29-12-11-28-24/h7-12,14-15,20H,4-6,13,16-17H2,1-3H3/t20-/m1/s1. The van der Waals surface area contributed by atoms with Gasteiger partial charge in [0, 0.05) is 44.5 Å². The van der Waals surface area contributed by atoms with Gasteiger partial charge < -0.3 is 14.5 Å². The normalized spacial score (nSPS) is 16.0. The number of hydrogen-bond donors (Lipinski definition) is 0. The van der Waals surface area contributed by atoms with Crippen molar-refractivity contribution in [3.8, 4) is 5.75 Å². The number of aryl methyl sites for hydroxylation is 1. The van der Waals surface area contributed by atoms with Crippen molar-refractivity contribution in [1.82, 2.24) is 24.8 Å². The van der Waals surface area contributed by atoms with Crippen molar-refractivity contribution in [3.05, 3.63) is 60.0 Å². The van der Waals surface area contributed by atoms with Gasteiger partial charge in [0.25, 0.3) is 0 Å². The van der Waals surface area contributed by atoms with E-state index < -0.39 is 0 Å². The fraction of sp³-hybridized carbons (Fsp3) is 0.370. The maximum Gasteiger partial charge on any atom is 0.227 e. The van der Waals surface area contributed by atoms with Crippen molar-refractivity contribution in [2.45, 2.75) is 33.2 Å². The largest absolute Gasteiger partial charge is 0.494 e. The van der Waals surface area contributed by atoms with Crippen LogP contribution in [0.4, 0.5) is 5.95 Å². The summed E-state index contributed by atoms with van der Waals surface area (Å²) in [5.41, 5.74) is 4.54. The Morgan fingerprint density at radius 1 is 1.09 bits per heavy atom. The summed E-state index contributed by atoms with van der Waals surface area (Å²) in [6.45, 7) is 6.59. The van der Waals surface area contributed by atoms with Crippen LogP contribution in [-0.2, 0) is 11.3 Å². The molecule has 3 heterocycles. The highest BCUT2D eigenvalue weighted by Gasteiger charge is 2.29. The van der Waals surface area contributed by atoms with Gasteiger partial charge >= 0.3 is 0 Å². The molecule has 0 unspecified atom stereocenters. The molecule has 0 saturated carbocycles. The summed E-state index contributed by atoms with van der Waals surface area (Å²) < 4.78 is 5.63. The van der Waals surface area contributed by atoms with Crippen LogP contribution in [0.2, 0.25) is 0 Å². The third kappa shape index (κ3) is 4.87. The fourth-order valence-corrected chi connectivity index (χ4v) is 4.77. The van der Waals surface area contributed by atoms with Gasteiger partial charge in [-0.05, 0) is 62.6 Å². The number of ether oxygens (including phenoxy) is 1. The van der Waals surface area contributed by atoms with Gasteiger partial charge in [0.1, 0.15) is 5.75 Å². The molecule has 0 bridgehead atoms. The second-order valence-corrected chi connectivity index (χ2v) is 9.08. The number of benzene rings is 2. The molecule has 8 nitrogen and oxygen atoms in total. The number of amides is 1. The Morgan fingerprint density at radius 2 is 1.89 bits per heavy atom. The molecule has 8 heteroatoms. The summed E-state index contributed by atoms with van der Waals surface area (Å²) in [5.74, 6) is 1.57. The van der Waals surface area contributed by atoms with Crippen LogP contribution < -0.4 is 9.64 Å². The Hall–Kier alpha value is -3.81. The third-order valence-corrected chi connectivity index (χ3v) is 6.54. The monoisotopic (exact) mass is 470 g/mol. The van der Waals surface area contributed by atoms with Gasteiger partial charge in [-0.15, -0.1) is 0 Å². The summed E-state index contributed by atoms with van der Waals surface area (Å²) >= 11 is 0. The highest BCUT2D eigenvalue weighted by atomic mass is 16.5. The van der Waals surface area contributed by atoms with E-state index in [1.807, 2.05) is 62.2 Å². The minimum Gasteiger partial charge on any atom is -0.494 e. The van der Waals surface area contributed by atoms with E-state index in [4.69, 9.17) is 14.7 Å². The molecular formula is C27H30N6O2. The molecule has 1 aliphatic rings. The predicted octanol–water partition coefficient (Wildman–Crippen LogP) is 4.16. The molecule has 1 atom stereocenters. The van der Waals surface area contributed by atoms with Gasteiger partial charge in [-0.25, -0.2) is 9.97 Å². The van der Waals surface area contributed by atoms with Gasteiger partial charge in [-0.1, -0.05) is 6.07 Å². The van der Waals surface area contributed by atoms with E-state index in [2.05, 4.69) is 14.9 Å². The molecule has 1 saturated heterocycles. The first-order valence-corrected chi connectivity index (χ1v) is 12.1. The maximum absolute atomic E-state index is 13.3. The molecule has 0 aliphatic carbocycles. The van der Waals surface area contributed by atoms with E-state index >= 15 is 0 Å². The van der Waals surface area contributed by atoms with Crippen molar-refractivity contribution in [2.24, 2.45) is 5.92 Å². The molecule has 1 aliphatic heterocycles. The molecule has 180 valence electrons. The summed E-state index contributed by atoms with van der Waals surface area (Å²) in [4.78, 5) is 35.6. The number of carbonyl (C=O) groups is 1. The lowest BCUT2D eigenvalue weighted by Crippen LogP contribution is -2.44. The number of piperidine rings is 1. The van der Waals surface area contributed by atoms with Crippen molar-refractivity contribution >= 4 is 33.8 Å². The SMILES string of the molecule is CCOc1ccc2nc(N3CCC[C@@H](C(=O)N(C)Cc4ccc5nccnc5c4)C3)nc(C)c2c1. The zero-order chi connectivity index (χ0) is 24.4. The van der Waals surface area contributed by atoms with Crippen LogP contribution in [0.25, 0.3) is 21.9 Å². The summed E-state index contributed by atoms with van der Waals surface area (Å²) in [6.07, 6.45) is 5.17. The van der Waals surface area contributed by atoms with Crippen LogP contribution in [-0.4, -0.2) is 57.5 Å². The maximum atomic E-state index is 13.3. The quantitative estimate of drug-likeness (QED) is 0.418. The lowest BCUT2D eigenvalue weighted by Gasteiger charge is -2.34. The Bertz CT molecular complexity index is 1370. The first-order chi connectivity index (χ1) is 17.0. The molecule has 2 aromatic heterocycles. The van der Waals surface area contributed by atoms with Crippen molar-refractivity contribution in [2.75, 3.05) is 31.6 Å². The van der Waals surface area contributed by atoms with E-state index in [0.717, 1.165) is 58.3 Å². The van der Waals surface area contributed by atoms with E-state index in [-0.39, 0.29) is 11.8 Å². The zero-order valence-corrected chi connectivity index (χ0v) is 20.4. The molecule has 1 amide bonds. The van der Waals surface area contributed by atoms with Crippen LogP contribution in [0.1, 0.15) is 31.0 Å². The Morgan fingerprint density at radius 3 is 2.71 bits per heavy atom. The predicted molar refractivity (Wildman–Crippen MR) is 136 cm³/mol. The van der Waals surface area contributed by atoms with Gasteiger partial charge in [-0.2, -0.15) is 0 Å². The topological polar surface area (TPSA) is 84.3 Å². The smallest absolute Gasteiger partial charge is 0.227 e. The number of rotatable bonds is 6. The molecule has 2 aromatic carbocycles. The highest BCUT2D eigenvalue weighted by molar-refractivity contribution is 5.84. The number of fused-ring (bicyclic) bond motifs is 2. The number of aromatic nitrogens is 4. The number of hydrogen-bond acceptors (Lipinski definition) is 7. The average Bonchev–Trinajstić information content (AvgIpc) is 2.88. The molecule has 5 rings (SSSR count). The minimum absolute atomic E-state index is 0.0890. The summed E-state index contributed by atoms with van der Waals surface area (Å²) in [7, 11) is 1.87. The molecule has 0 radical (unpaired) electrons. The Labute approximate surface area is 205 Å². The van der Waals surface area contributed by atoms with Gasteiger partial charge in [0.2, 0.25) is 11.9 Å². The number of carbonyl (C=O) groups excluding carboxylic acids is 1. The molecule has 4 aromatic rings. The first kappa shape index (κ1) is 23.0. The van der Waals surface area contributed by atoms with Crippen LogP contribution in [0.15, 0.2) is 48.8 Å². The lowest BCUT2D eigenvalue weighted by atomic mass is 9.96. The van der Waals surface area contributed by atoms with E-state index in [1.54, 1.807) is 12.4 Å². The third-order valence-electron chi connectivity index (χ3n) is 6.54. The van der Waals surface area contributed by atoms with Crippen LogP contribution in [0.3, 0.4) is 0 Å². The van der Waals surface area contributed by atoms with Gasteiger partial charge in [0.15, 0.2) is 0 Å². The Balaban J connectivity index is 1.30. The van der Waals surface area contributed by atoms with Gasteiger partial charge in [-0.3, -0.25) is 14.8 Å². The number of anilines is 1. The highest BCUT2D eigenvalue weighted by Crippen LogP contribution is 2.27. The van der Waals surface area contributed by atoms with Crippen molar-refractivity contribution < 1.29 is 9.53 Å². The van der Waals surface area contributed by atoms with Crippen molar-refractivity contribution in [3.63, 3.8) is 0 Å². The van der Waals surface area contributed by atoms with E-state index in [9.17, 15) is 4.79 Å². The second kappa shape index (κ2) is 9.82. The van der Waals surface area contributed by atoms with E-state index in [1.165, 1.54) is 0 Å². The van der Waals surface area contributed by atoms with Gasteiger partial charge in [0.05, 0.1) is 34.8 Å². The zero-order valence-electron chi connectivity index (χ0n) is 20.4. The second-order valence-electron chi connectivity index (χ2n) is 9.08. The number of nitrogens with zero attached hydrogens (tertiary/aromatic N) is 6. The molecule has 0 N–H and O–H groups in total. The average molecular weight is 471 g/mol. The lowest BCUT2D eigenvalue weighted by molar-refractivity contribution is -0.135. The minimum atomic E-state index is -0.0890. The summed E-state index contributed by atoms with van der Waals surface area (Å²) in [5, 5.41) is 0.990. The van der Waals surface area contributed by atoms with Crippen LogP contribution in [0.5, 0.6) is 5.75 Å². The molecular weight excluding hydrogens is 440 g/mol. The fourth-order valence-electron chi connectivity index (χ4n) is 4.77. The van der Waals surface area contributed by atoms with Crippen LogP contribution in [0, 0.1) is 12.8 Å².